The minimum atomic E-state index is -0.986. The summed E-state index contributed by atoms with van der Waals surface area (Å²) < 4.78 is 0. The van der Waals surface area contributed by atoms with Crippen LogP contribution in [0.2, 0.25) is 0 Å². The molecule has 0 rings (SSSR count). The highest BCUT2D eigenvalue weighted by atomic mass is 16.4. The third-order valence-corrected chi connectivity index (χ3v) is 3.01. The molecule has 0 aromatic heterocycles. The van der Waals surface area contributed by atoms with Gasteiger partial charge in [-0.25, -0.2) is 9.59 Å². The van der Waals surface area contributed by atoms with Gasteiger partial charge in [-0.05, 0) is 32.5 Å². The number of hydrogen-bond acceptors (Lipinski definition) is 3. The highest BCUT2D eigenvalue weighted by Gasteiger charge is 2.18. The molecular formula is C13H27N3O3. The van der Waals surface area contributed by atoms with E-state index in [9.17, 15) is 9.59 Å². The van der Waals surface area contributed by atoms with E-state index >= 15 is 0 Å². The lowest BCUT2D eigenvalue weighted by atomic mass is 10.2. The molecule has 0 aliphatic carbocycles. The highest BCUT2D eigenvalue weighted by molar-refractivity contribution is 5.82. The molecule has 3 N–H and O–H groups in total. The van der Waals surface area contributed by atoms with Crippen LogP contribution in [0, 0.1) is 0 Å². The Kier molecular flexibility index (Phi) is 9.88. The zero-order valence-corrected chi connectivity index (χ0v) is 12.2. The van der Waals surface area contributed by atoms with E-state index in [1.807, 2.05) is 6.92 Å². The fourth-order valence-electron chi connectivity index (χ4n) is 1.80. The Bertz CT molecular complexity index is 268. The van der Waals surface area contributed by atoms with Gasteiger partial charge in [0.25, 0.3) is 0 Å². The molecule has 1 atom stereocenters. The van der Waals surface area contributed by atoms with Crippen molar-refractivity contribution in [3.05, 3.63) is 0 Å². The number of nitrogens with zero attached hydrogens (tertiary/aromatic N) is 1. The van der Waals surface area contributed by atoms with Gasteiger partial charge in [0, 0.05) is 6.54 Å². The molecule has 0 saturated carbocycles. The molecule has 0 aliphatic rings. The summed E-state index contributed by atoms with van der Waals surface area (Å²) in [6, 6.07) is -1.20. The summed E-state index contributed by atoms with van der Waals surface area (Å²) >= 11 is 0. The molecule has 112 valence electrons. The fraction of sp³-hybridized carbons (Fsp3) is 0.846. The third-order valence-electron chi connectivity index (χ3n) is 3.01. The lowest BCUT2D eigenvalue weighted by Crippen LogP contribution is -2.46. The molecule has 19 heavy (non-hydrogen) atoms. The largest absolute Gasteiger partial charge is 0.480 e. The maximum atomic E-state index is 11.5. The Hall–Kier alpha value is -1.30. The summed E-state index contributed by atoms with van der Waals surface area (Å²) in [4.78, 5) is 24.7. The van der Waals surface area contributed by atoms with E-state index in [1.165, 1.54) is 0 Å². The van der Waals surface area contributed by atoms with Crippen LogP contribution in [0.5, 0.6) is 0 Å². The number of aliphatic carboxylic acids is 1. The monoisotopic (exact) mass is 273 g/mol. The first-order valence-electron chi connectivity index (χ1n) is 7.04. The van der Waals surface area contributed by atoms with Crippen LogP contribution in [0.4, 0.5) is 4.79 Å². The van der Waals surface area contributed by atoms with Gasteiger partial charge >= 0.3 is 12.0 Å². The van der Waals surface area contributed by atoms with Crippen LogP contribution in [-0.2, 0) is 4.79 Å². The van der Waals surface area contributed by atoms with Crippen molar-refractivity contribution < 1.29 is 14.7 Å². The van der Waals surface area contributed by atoms with Gasteiger partial charge in [-0.1, -0.05) is 27.2 Å². The molecule has 0 fully saturated rings. The summed E-state index contributed by atoms with van der Waals surface area (Å²) in [6.45, 7) is 9.59. The maximum absolute atomic E-state index is 11.5. The van der Waals surface area contributed by atoms with Gasteiger partial charge in [0.1, 0.15) is 6.04 Å². The number of rotatable bonds is 10. The lowest BCUT2D eigenvalue weighted by Gasteiger charge is -2.18. The van der Waals surface area contributed by atoms with E-state index in [4.69, 9.17) is 5.11 Å². The predicted molar refractivity (Wildman–Crippen MR) is 75.3 cm³/mol. The fourth-order valence-corrected chi connectivity index (χ4v) is 1.80. The number of carbonyl (C=O) groups is 2. The first-order valence-corrected chi connectivity index (χ1v) is 7.04. The third kappa shape index (κ3) is 8.42. The molecule has 0 aromatic carbocycles. The Balaban J connectivity index is 3.82. The number of nitrogens with one attached hydrogen (secondary N) is 2. The Labute approximate surface area is 115 Å². The van der Waals surface area contributed by atoms with Crippen molar-refractivity contribution in [3.63, 3.8) is 0 Å². The first kappa shape index (κ1) is 17.7. The molecule has 0 spiro atoms. The second-order valence-corrected chi connectivity index (χ2v) is 4.46. The highest BCUT2D eigenvalue weighted by Crippen LogP contribution is 1.96. The van der Waals surface area contributed by atoms with Crippen molar-refractivity contribution in [2.24, 2.45) is 0 Å². The summed E-state index contributed by atoms with van der Waals surface area (Å²) in [5, 5.41) is 14.1. The van der Waals surface area contributed by atoms with Gasteiger partial charge in [-0.2, -0.15) is 0 Å². The number of hydrogen-bond donors (Lipinski definition) is 3. The quantitative estimate of drug-likeness (QED) is 0.524. The normalized spacial score (nSPS) is 12.2. The number of amides is 2. The van der Waals surface area contributed by atoms with Gasteiger partial charge in [0.15, 0.2) is 0 Å². The molecule has 6 heteroatoms. The zero-order valence-electron chi connectivity index (χ0n) is 12.2. The number of urea groups is 1. The molecule has 0 bridgehead atoms. The second-order valence-electron chi connectivity index (χ2n) is 4.46. The Morgan fingerprint density at radius 1 is 1.21 bits per heavy atom. The lowest BCUT2D eigenvalue weighted by molar-refractivity contribution is -0.139. The Morgan fingerprint density at radius 3 is 2.32 bits per heavy atom. The van der Waals surface area contributed by atoms with Crippen LogP contribution >= 0.6 is 0 Å². The van der Waals surface area contributed by atoms with Crippen molar-refractivity contribution in [1.82, 2.24) is 15.5 Å². The van der Waals surface area contributed by atoms with E-state index in [2.05, 4.69) is 29.4 Å². The number of carboxylic acid groups (broad SMARTS) is 1. The van der Waals surface area contributed by atoms with Crippen molar-refractivity contribution in [3.8, 4) is 0 Å². The predicted octanol–water partition coefficient (Wildman–Crippen LogP) is 1.27. The van der Waals surface area contributed by atoms with Crippen LogP contribution in [0.25, 0.3) is 0 Å². The molecule has 2 amide bonds. The summed E-state index contributed by atoms with van der Waals surface area (Å²) in [5.41, 5.74) is 0. The maximum Gasteiger partial charge on any atom is 0.326 e. The first-order chi connectivity index (χ1) is 9.04. The van der Waals surface area contributed by atoms with E-state index in [-0.39, 0.29) is 0 Å². The molecule has 0 radical (unpaired) electrons. The minimum absolute atomic E-state index is 0.402. The smallest absolute Gasteiger partial charge is 0.326 e. The van der Waals surface area contributed by atoms with Crippen LogP contribution in [-0.4, -0.2) is 54.2 Å². The zero-order chi connectivity index (χ0) is 14.7. The van der Waals surface area contributed by atoms with Gasteiger partial charge in [-0.3, -0.25) is 0 Å². The van der Waals surface area contributed by atoms with E-state index in [0.717, 1.165) is 32.5 Å². The van der Waals surface area contributed by atoms with Crippen LogP contribution < -0.4 is 10.6 Å². The molecular weight excluding hydrogens is 246 g/mol. The van der Waals surface area contributed by atoms with Gasteiger partial charge in [0.2, 0.25) is 0 Å². The topological polar surface area (TPSA) is 81.7 Å². The molecule has 0 aromatic rings. The standard InChI is InChI=1S/C13H27N3O3/c1-4-8-11(12(17)18)15-13(19)14-9-7-10-16(5-2)6-3/h11H,4-10H2,1-3H3,(H,17,18)(H2,14,15,19). The molecule has 6 nitrogen and oxygen atoms in total. The summed E-state index contributed by atoms with van der Waals surface area (Å²) in [5.74, 6) is -0.986. The Morgan fingerprint density at radius 2 is 1.84 bits per heavy atom. The van der Waals surface area contributed by atoms with Crippen molar-refractivity contribution in [2.75, 3.05) is 26.2 Å². The van der Waals surface area contributed by atoms with E-state index in [1.54, 1.807) is 0 Å². The van der Waals surface area contributed by atoms with E-state index in [0.29, 0.717) is 13.0 Å². The molecule has 1 unspecified atom stereocenters. The average molecular weight is 273 g/mol. The average Bonchev–Trinajstić information content (AvgIpc) is 2.38. The van der Waals surface area contributed by atoms with Crippen molar-refractivity contribution in [1.29, 1.82) is 0 Å². The van der Waals surface area contributed by atoms with Gasteiger partial charge in [0.05, 0.1) is 0 Å². The minimum Gasteiger partial charge on any atom is -0.480 e. The molecule has 0 aliphatic heterocycles. The summed E-state index contributed by atoms with van der Waals surface area (Å²) in [6.07, 6.45) is 2.03. The summed E-state index contributed by atoms with van der Waals surface area (Å²) in [7, 11) is 0. The number of carbonyl (C=O) groups excluding carboxylic acids is 1. The van der Waals surface area contributed by atoms with Crippen molar-refractivity contribution >= 4 is 12.0 Å². The molecule has 0 heterocycles. The van der Waals surface area contributed by atoms with Gasteiger partial charge < -0.3 is 20.6 Å². The number of carboxylic acids is 1. The van der Waals surface area contributed by atoms with Crippen molar-refractivity contribution in [2.45, 2.75) is 46.1 Å². The molecule has 0 saturated heterocycles. The second kappa shape index (κ2) is 10.6. The van der Waals surface area contributed by atoms with Crippen LogP contribution in [0.15, 0.2) is 0 Å². The van der Waals surface area contributed by atoms with Crippen LogP contribution in [0.3, 0.4) is 0 Å². The SMILES string of the molecule is CCCC(NC(=O)NCCCN(CC)CC)C(=O)O. The van der Waals surface area contributed by atoms with E-state index < -0.39 is 18.0 Å². The van der Waals surface area contributed by atoms with Crippen LogP contribution in [0.1, 0.15) is 40.0 Å². The van der Waals surface area contributed by atoms with Gasteiger partial charge in [-0.15, -0.1) is 0 Å².